The van der Waals surface area contributed by atoms with Crippen LogP contribution in [0.4, 0.5) is 0 Å². The molecule has 0 heterocycles. The van der Waals surface area contributed by atoms with Crippen molar-refractivity contribution < 1.29 is 4.79 Å². The molecule has 2 aliphatic carbocycles. The summed E-state index contributed by atoms with van der Waals surface area (Å²) in [6.07, 6.45) is 6.34. The van der Waals surface area contributed by atoms with E-state index in [1.165, 1.54) is 6.42 Å². The molecule has 3 N–H and O–H groups in total. The van der Waals surface area contributed by atoms with Gasteiger partial charge in [0.2, 0.25) is 5.91 Å². The van der Waals surface area contributed by atoms with Crippen molar-refractivity contribution >= 4 is 5.91 Å². The van der Waals surface area contributed by atoms with Crippen molar-refractivity contribution in [2.75, 3.05) is 0 Å². The second-order valence-corrected chi connectivity index (χ2v) is 6.38. The molecule has 3 unspecified atom stereocenters. The van der Waals surface area contributed by atoms with Crippen LogP contribution in [0.15, 0.2) is 0 Å². The second-order valence-electron chi connectivity index (χ2n) is 6.38. The van der Waals surface area contributed by atoms with Crippen molar-refractivity contribution in [2.24, 2.45) is 17.1 Å². The molecule has 92 valence electrons. The highest BCUT2D eigenvalue weighted by Gasteiger charge is 2.34. The van der Waals surface area contributed by atoms with Crippen molar-refractivity contribution in [2.45, 2.75) is 64.5 Å². The highest BCUT2D eigenvalue weighted by Crippen LogP contribution is 2.37. The van der Waals surface area contributed by atoms with Crippen LogP contribution in [0.1, 0.15) is 52.4 Å². The summed E-state index contributed by atoms with van der Waals surface area (Å²) < 4.78 is 0. The topological polar surface area (TPSA) is 55.1 Å². The fourth-order valence-corrected chi connectivity index (χ4v) is 3.13. The Hall–Kier alpha value is -0.570. The molecule has 0 aromatic carbocycles. The summed E-state index contributed by atoms with van der Waals surface area (Å²) in [5.41, 5.74) is 6.24. The Morgan fingerprint density at radius 1 is 1.31 bits per heavy atom. The Bertz CT molecular complexity index is 275. The van der Waals surface area contributed by atoms with Crippen molar-refractivity contribution in [1.82, 2.24) is 5.32 Å². The Morgan fingerprint density at radius 2 is 2.06 bits per heavy atom. The Kier molecular flexibility index (Phi) is 3.24. The Morgan fingerprint density at radius 3 is 2.56 bits per heavy atom. The summed E-state index contributed by atoms with van der Waals surface area (Å²) >= 11 is 0. The minimum atomic E-state index is 0.179. The predicted octanol–water partition coefficient (Wildman–Crippen LogP) is 1.81. The third kappa shape index (κ3) is 2.76. The van der Waals surface area contributed by atoms with Crippen LogP contribution < -0.4 is 11.1 Å². The number of nitrogens with two attached hydrogens (primary N) is 1. The number of carbonyl (C=O) groups is 1. The third-order valence-corrected chi connectivity index (χ3v) is 4.16. The first-order chi connectivity index (χ1) is 7.46. The molecule has 0 aromatic rings. The van der Waals surface area contributed by atoms with E-state index in [0.29, 0.717) is 11.5 Å². The molecule has 0 spiro atoms. The Balaban J connectivity index is 1.80. The van der Waals surface area contributed by atoms with E-state index < -0.39 is 0 Å². The first-order valence-electron chi connectivity index (χ1n) is 6.52. The van der Waals surface area contributed by atoms with Gasteiger partial charge in [-0.3, -0.25) is 4.79 Å². The molecule has 0 aromatic heterocycles. The number of hydrogen-bond acceptors (Lipinski definition) is 2. The van der Waals surface area contributed by atoms with E-state index in [1.807, 2.05) is 0 Å². The maximum atomic E-state index is 12.0. The predicted molar refractivity (Wildman–Crippen MR) is 64.9 cm³/mol. The normalized spacial score (nSPS) is 37.6. The molecule has 2 fully saturated rings. The van der Waals surface area contributed by atoms with Crippen LogP contribution >= 0.6 is 0 Å². The van der Waals surface area contributed by atoms with Crippen LogP contribution in [-0.2, 0) is 4.79 Å². The van der Waals surface area contributed by atoms with Gasteiger partial charge < -0.3 is 11.1 Å². The first kappa shape index (κ1) is 11.9. The van der Waals surface area contributed by atoms with Gasteiger partial charge in [0.05, 0.1) is 0 Å². The van der Waals surface area contributed by atoms with Gasteiger partial charge >= 0.3 is 0 Å². The summed E-state index contributed by atoms with van der Waals surface area (Å²) in [7, 11) is 0. The molecule has 3 heteroatoms. The molecule has 2 aliphatic rings. The molecule has 3 atom stereocenters. The van der Waals surface area contributed by atoms with Crippen molar-refractivity contribution in [3.05, 3.63) is 0 Å². The average molecular weight is 224 g/mol. The van der Waals surface area contributed by atoms with E-state index in [0.717, 1.165) is 32.1 Å². The van der Waals surface area contributed by atoms with Gasteiger partial charge in [0.15, 0.2) is 0 Å². The van der Waals surface area contributed by atoms with Gasteiger partial charge in [0.1, 0.15) is 0 Å². The molecule has 2 saturated carbocycles. The van der Waals surface area contributed by atoms with E-state index in [2.05, 4.69) is 19.2 Å². The van der Waals surface area contributed by atoms with E-state index in [9.17, 15) is 4.79 Å². The smallest absolute Gasteiger partial charge is 0.223 e. The molecule has 3 nitrogen and oxygen atoms in total. The summed E-state index contributed by atoms with van der Waals surface area (Å²) in [6.45, 7) is 4.56. The van der Waals surface area contributed by atoms with E-state index in [1.54, 1.807) is 0 Å². The summed E-state index contributed by atoms with van der Waals surface area (Å²) in [5.74, 6) is 0.425. The zero-order chi connectivity index (χ0) is 11.8. The zero-order valence-electron chi connectivity index (χ0n) is 10.5. The molecular formula is C13H24N2O. The number of rotatable bonds is 2. The number of nitrogens with one attached hydrogen (secondary N) is 1. The highest BCUT2D eigenvalue weighted by atomic mass is 16.1. The maximum Gasteiger partial charge on any atom is 0.223 e. The van der Waals surface area contributed by atoms with Gasteiger partial charge in [-0.15, -0.1) is 0 Å². The molecule has 0 bridgehead atoms. The lowest BCUT2D eigenvalue weighted by Crippen LogP contribution is -2.37. The van der Waals surface area contributed by atoms with Gasteiger partial charge in [-0.25, -0.2) is 0 Å². The Labute approximate surface area is 98.2 Å². The second kappa shape index (κ2) is 4.36. The third-order valence-electron chi connectivity index (χ3n) is 4.16. The quantitative estimate of drug-likeness (QED) is 0.751. The van der Waals surface area contributed by atoms with Crippen molar-refractivity contribution in [3.63, 3.8) is 0 Å². The lowest BCUT2D eigenvalue weighted by Gasteiger charge is -2.19. The molecule has 1 amide bonds. The van der Waals surface area contributed by atoms with Crippen molar-refractivity contribution in [3.8, 4) is 0 Å². The van der Waals surface area contributed by atoms with Gasteiger partial charge in [-0.2, -0.15) is 0 Å². The maximum absolute atomic E-state index is 12.0. The minimum Gasteiger partial charge on any atom is -0.353 e. The van der Waals surface area contributed by atoms with Gasteiger partial charge in [-0.05, 0) is 43.9 Å². The first-order valence-corrected chi connectivity index (χ1v) is 6.52. The van der Waals surface area contributed by atoms with Crippen molar-refractivity contribution in [1.29, 1.82) is 0 Å². The standard InChI is InChI=1S/C13H24N2O/c1-13(2)6-5-11(8-13)15-12(16)9-3-4-10(14)7-9/h9-11H,3-8,14H2,1-2H3,(H,15,16). The molecular weight excluding hydrogens is 200 g/mol. The SMILES string of the molecule is CC1(C)CCC(NC(=O)C2CCC(N)C2)C1. The highest BCUT2D eigenvalue weighted by molar-refractivity contribution is 5.79. The molecule has 0 aliphatic heterocycles. The van der Waals surface area contributed by atoms with Crippen LogP contribution in [0.5, 0.6) is 0 Å². The lowest BCUT2D eigenvalue weighted by atomic mass is 9.92. The summed E-state index contributed by atoms with van der Waals surface area (Å²) in [4.78, 5) is 12.0. The molecule has 0 radical (unpaired) electrons. The minimum absolute atomic E-state index is 0.179. The van der Waals surface area contributed by atoms with Crippen LogP contribution in [-0.4, -0.2) is 18.0 Å². The number of hydrogen-bond donors (Lipinski definition) is 2. The van der Waals surface area contributed by atoms with Crippen LogP contribution in [0.3, 0.4) is 0 Å². The lowest BCUT2D eigenvalue weighted by molar-refractivity contribution is -0.125. The van der Waals surface area contributed by atoms with Gasteiger partial charge in [0.25, 0.3) is 0 Å². The summed E-state index contributed by atoms with van der Waals surface area (Å²) in [6, 6.07) is 0.648. The van der Waals surface area contributed by atoms with E-state index in [-0.39, 0.29) is 17.9 Å². The van der Waals surface area contributed by atoms with Crippen LogP contribution in [0, 0.1) is 11.3 Å². The number of carbonyl (C=O) groups excluding carboxylic acids is 1. The zero-order valence-corrected chi connectivity index (χ0v) is 10.5. The van der Waals surface area contributed by atoms with Gasteiger partial charge in [0, 0.05) is 18.0 Å². The molecule has 0 saturated heterocycles. The monoisotopic (exact) mass is 224 g/mol. The fraction of sp³-hybridized carbons (Fsp3) is 0.923. The largest absolute Gasteiger partial charge is 0.353 e. The average Bonchev–Trinajstić information content (AvgIpc) is 2.73. The van der Waals surface area contributed by atoms with E-state index in [4.69, 9.17) is 5.73 Å². The molecule has 2 rings (SSSR count). The van der Waals surface area contributed by atoms with Gasteiger partial charge in [-0.1, -0.05) is 13.8 Å². The van der Waals surface area contributed by atoms with Crippen LogP contribution in [0.2, 0.25) is 0 Å². The van der Waals surface area contributed by atoms with E-state index >= 15 is 0 Å². The van der Waals surface area contributed by atoms with Crippen LogP contribution in [0.25, 0.3) is 0 Å². The number of amides is 1. The summed E-state index contributed by atoms with van der Waals surface area (Å²) in [5, 5.41) is 3.20. The fourth-order valence-electron chi connectivity index (χ4n) is 3.13. The molecule has 16 heavy (non-hydrogen) atoms.